The van der Waals surface area contributed by atoms with Gasteiger partial charge in [0.1, 0.15) is 24.4 Å². The van der Waals surface area contributed by atoms with Gasteiger partial charge in [0, 0.05) is 6.42 Å². The molecule has 11 nitrogen and oxygen atoms in total. The molecular formula is C78H147NO10. The third kappa shape index (κ3) is 52.9. The minimum atomic E-state index is -1.61. The SMILES string of the molecule is CCCCCCCC/C=C/CCCCCCCCCCCCCCCCCC(=O)OC1C(OCC(NC(=O)C(O)CCCCCCCCCCCCCC/C=C/CCCCCCCC)C(O)/C=C/CCCCCCCCCCCCC)OC(CO)C(O)C1O. The molecule has 0 aromatic heterocycles. The summed E-state index contributed by atoms with van der Waals surface area (Å²) in [7, 11) is 0. The standard InChI is InChI=1S/C78H147NO10/c1-4-7-10-13-16-19-22-25-27-29-31-33-35-36-37-39-41-43-45-48-51-54-57-60-63-66-73(83)89-76-75(85)74(84)72(67-80)88-78(76)87-68-69(70(81)64-61-58-55-52-49-46-24-21-18-15-12-9-6-3)79-77(86)71(82)65-62-59-56-53-50-47-44-42-40-38-34-32-30-28-26-23-20-17-14-11-8-5-2/h25-28,61,64,69-72,74-76,78,80-82,84-85H,4-24,29-60,62-63,65-68H2,1-3H3,(H,79,86)/b27-25+,28-26+,64-61+. The Balaban J connectivity index is 2.53. The maximum absolute atomic E-state index is 13.5. The number of carbonyl (C=O) groups is 2. The quantitative estimate of drug-likeness (QED) is 0.0195. The molecule has 1 saturated heterocycles. The summed E-state index contributed by atoms with van der Waals surface area (Å²) < 4.78 is 17.8. The van der Waals surface area contributed by atoms with Crippen molar-refractivity contribution in [3.8, 4) is 0 Å². The summed E-state index contributed by atoms with van der Waals surface area (Å²) in [6, 6.07) is -1.02. The number of hydrogen-bond acceptors (Lipinski definition) is 10. The van der Waals surface area contributed by atoms with Gasteiger partial charge in [-0.3, -0.25) is 9.59 Å². The molecule has 1 fully saturated rings. The molecule has 6 N–H and O–H groups in total. The maximum Gasteiger partial charge on any atom is 0.306 e. The number of hydrogen-bond donors (Lipinski definition) is 6. The van der Waals surface area contributed by atoms with Crippen molar-refractivity contribution in [2.24, 2.45) is 0 Å². The second kappa shape index (κ2) is 65.9. The lowest BCUT2D eigenvalue weighted by molar-refractivity contribution is -0.305. The van der Waals surface area contributed by atoms with Gasteiger partial charge in [-0.05, 0) is 77.0 Å². The molecule has 1 rings (SSSR count). The first-order valence-corrected chi connectivity index (χ1v) is 38.8. The molecule has 1 aliphatic rings. The first-order valence-electron chi connectivity index (χ1n) is 38.8. The van der Waals surface area contributed by atoms with Gasteiger partial charge in [0.25, 0.3) is 0 Å². The van der Waals surface area contributed by atoms with Crippen LogP contribution in [0.3, 0.4) is 0 Å². The summed E-state index contributed by atoms with van der Waals surface area (Å²) in [4.78, 5) is 26.8. The lowest BCUT2D eigenvalue weighted by Gasteiger charge is -2.41. The first-order chi connectivity index (χ1) is 43.7. The zero-order chi connectivity index (χ0) is 64.6. The number of ether oxygens (including phenoxy) is 3. The molecule has 0 spiro atoms. The second-order valence-corrected chi connectivity index (χ2v) is 27.1. The van der Waals surface area contributed by atoms with E-state index in [1.165, 1.54) is 283 Å². The van der Waals surface area contributed by atoms with E-state index in [9.17, 15) is 35.1 Å². The Bertz CT molecular complexity index is 1590. The highest BCUT2D eigenvalue weighted by atomic mass is 16.7. The van der Waals surface area contributed by atoms with Gasteiger partial charge in [0.05, 0.1) is 25.4 Å². The lowest BCUT2D eigenvalue weighted by Crippen LogP contribution is -2.61. The topological polar surface area (TPSA) is 175 Å². The van der Waals surface area contributed by atoms with Gasteiger partial charge in [-0.1, -0.05) is 340 Å². The Hall–Kier alpha value is -2.12. The number of aliphatic hydroxyl groups excluding tert-OH is 5. The second-order valence-electron chi connectivity index (χ2n) is 27.1. The molecule has 0 radical (unpaired) electrons. The minimum absolute atomic E-state index is 0.128. The highest BCUT2D eigenvalue weighted by Gasteiger charge is 2.47. The number of amides is 1. The molecule has 1 amide bonds. The van der Waals surface area contributed by atoms with E-state index in [4.69, 9.17) is 14.2 Å². The van der Waals surface area contributed by atoms with Crippen molar-refractivity contribution in [2.45, 2.75) is 436 Å². The van der Waals surface area contributed by atoms with Crippen LogP contribution in [0, 0.1) is 0 Å². The van der Waals surface area contributed by atoms with Crippen molar-refractivity contribution in [3.05, 3.63) is 36.5 Å². The fourth-order valence-electron chi connectivity index (χ4n) is 12.4. The zero-order valence-corrected chi connectivity index (χ0v) is 58.6. The van der Waals surface area contributed by atoms with E-state index in [0.717, 1.165) is 57.8 Å². The molecule has 0 bridgehead atoms. The number of unbranched alkanes of at least 4 members (excludes halogenated alkanes) is 50. The Kier molecular flexibility index (Phi) is 62.9. The molecule has 0 aromatic rings. The molecule has 89 heavy (non-hydrogen) atoms. The number of carbonyl (C=O) groups excluding carboxylic acids is 2. The van der Waals surface area contributed by atoms with Gasteiger partial charge >= 0.3 is 5.97 Å². The van der Waals surface area contributed by atoms with Gasteiger partial charge in [0.15, 0.2) is 12.4 Å². The van der Waals surface area contributed by atoms with Crippen molar-refractivity contribution < 1.29 is 49.3 Å². The summed E-state index contributed by atoms with van der Waals surface area (Å²) in [5, 5.41) is 57.4. The summed E-state index contributed by atoms with van der Waals surface area (Å²) in [5.41, 5.74) is 0. The minimum Gasteiger partial charge on any atom is -0.454 e. The van der Waals surface area contributed by atoms with Crippen LogP contribution >= 0.6 is 0 Å². The van der Waals surface area contributed by atoms with Crippen LogP contribution in [-0.2, 0) is 23.8 Å². The summed E-state index contributed by atoms with van der Waals surface area (Å²) in [6.45, 7) is 5.85. The third-order valence-electron chi connectivity index (χ3n) is 18.5. The maximum atomic E-state index is 13.5. The Morgan fingerprint density at radius 2 is 0.742 bits per heavy atom. The van der Waals surface area contributed by atoms with Crippen LogP contribution in [0.5, 0.6) is 0 Å². The van der Waals surface area contributed by atoms with Gasteiger partial charge in [-0.2, -0.15) is 0 Å². The monoisotopic (exact) mass is 1260 g/mol. The Morgan fingerprint density at radius 1 is 0.427 bits per heavy atom. The van der Waals surface area contributed by atoms with Crippen molar-refractivity contribution >= 4 is 11.9 Å². The van der Waals surface area contributed by atoms with Crippen LogP contribution in [0.2, 0.25) is 0 Å². The fourth-order valence-corrected chi connectivity index (χ4v) is 12.4. The number of rotatable bonds is 68. The molecule has 524 valence electrons. The highest BCUT2D eigenvalue weighted by molar-refractivity contribution is 5.80. The van der Waals surface area contributed by atoms with Crippen LogP contribution < -0.4 is 5.32 Å². The predicted octanol–water partition coefficient (Wildman–Crippen LogP) is 20.5. The number of esters is 1. The number of allylic oxidation sites excluding steroid dienone is 5. The van der Waals surface area contributed by atoms with E-state index in [1.807, 2.05) is 6.08 Å². The average Bonchev–Trinajstić information content (AvgIpc) is 1.80. The Morgan fingerprint density at radius 3 is 1.09 bits per heavy atom. The first kappa shape index (κ1) is 84.9. The van der Waals surface area contributed by atoms with Crippen molar-refractivity contribution in [1.29, 1.82) is 0 Å². The van der Waals surface area contributed by atoms with Crippen LogP contribution in [0.1, 0.15) is 387 Å². The van der Waals surface area contributed by atoms with E-state index in [-0.39, 0.29) is 13.0 Å². The smallest absolute Gasteiger partial charge is 0.306 e. The van der Waals surface area contributed by atoms with E-state index < -0.39 is 67.4 Å². The molecule has 8 atom stereocenters. The molecule has 1 heterocycles. The molecule has 1 aliphatic heterocycles. The molecular weight excluding hydrogens is 1110 g/mol. The number of nitrogens with one attached hydrogen (secondary N) is 1. The molecule has 0 aliphatic carbocycles. The third-order valence-corrected chi connectivity index (χ3v) is 18.5. The van der Waals surface area contributed by atoms with Gasteiger partial charge < -0.3 is 45.1 Å². The van der Waals surface area contributed by atoms with Crippen LogP contribution in [-0.4, -0.2) is 99.6 Å². The largest absolute Gasteiger partial charge is 0.454 e. The van der Waals surface area contributed by atoms with Crippen LogP contribution in [0.4, 0.5) is 0 Å². The van der Waals surface area contributed by atoms with Crippen LogP contribution in [0.25, 0.3) is 0 Å². The van der Waals surface area contributed by atoms with E-state index in [1.54, 1.807) is 6.08 Å². The van der Waals surface area contributed by atoms with Crippen molar-refractivity contribution in [2.75, 3.05) is 13.2 Å². The highest BCUT2D eigenvalue weighted by Crippen LogP contribution is 2.27. The van der Waals surface area contributed by atoms with E-state index >= 15 is 0 Å². The summed E-state index contributed by atoms with van der Waals surface area (Å²) >= 11 is 0. The van der Waals surface area contributed by atoms with Crippen molar-refractivity contribution in [3.63, 3.8) is 0 Å². The number of aliphatic hydroxyl groups is 5. The molecule has 11 heteroatoms. The van der Waals surface area contributed by atoms with E-state index in [0.29, 0.717) is 19.3 Å². The summed E-state index contributed by atoms with van der Waals surface area (Å²) in [6.07, 6.45) is 71.9. The zero-order valence-electron chi connectivity index (χ0n) is 58.6. The van der Waals surface area contributed by atoms with Crippen LogP contribution in [0.15, 0.2) is 36.5 Å². The normalized spacial score (nSPS) is 18.2. The molecule has 8 unspecified atom stereocenters. The van der Waals surface area contributed by atoms with Gasteiger partial charge in [-0.15, -0.1) is 0 Å². The van der Waals surface area contributed by atoms with Gasteiger partial charge in [-0.25, -0.2) is 0 Å². The molecule has 0 saturated carbocycles. The van der Waals surface area contributed by atoms with E-state index in [2.05, 4.69) is 50.4 Å². The lowest BCUT2D eigenvalue weighted by atomic mass is 9.99. The average molecular weight is 1260 g/mol. The fraction of sp³-hybridized carbons (Fsp3) is 0.897. The van der Waals surface area contributed by atoms with Gasteiger partial charge in [0.2, 0.25) is 5.91 Å². The Labute approximate surface area is 549 Å². The molecule has 0 aromatic carbocycles. The van der Waals surface area contributed by atoms with Crippen molar-refractivity contribution in [1.82, 2.24) is 5.32 Å². The summed E-state index contributed by atoms with van der Waals surface area (Å²) in [5.74, 6) is -1.17. The predicted molar refractivity (Wildman–Crippen MR) is 375 cm³/mol.